The van der Waals surface area contributed by atoms with E-state index in [0.717, 1.165) is 96.3 Å². The lowest BCUT2D eigenvalue weighted by Crippen LogP contribution is -2.28. The Labute approximate surface area is 345 Å². The molecule has 1 atom stereocenters. The van der Waals surface area contributed by atoms with Crippen LogP contribution in [0.4, 0.5) is 0 Å². The van der Waals surface area contributed by atoms with Crippen LogP contribution in [-0.4, -0.2) is 36.4 Å². The second kappa shape index (κ2) is 46.2. The molecule has 0 aliphatic rings. The van der Waals surface area contributed by atoms with Crippen LogP contribution in [0.1, 0.15) is 194 Å². The molecule has 0 saturated carbocycles. The third-order valence-electron chi connectivity index (χ3n) is 9.36. The van der Waals surface area contributed by atoms with Gasteiger partial charge in [-0.15, -0.1) is 0 Å². The SMILES string of the molecule is CC/C=C\C/C=C\C/C=C\C/C=C\C/C=C\C/C=C\C/C=C\CCCCCCCCCCCC(=O)OC(CO)COC(=O)CCCCCCC/C=C\CCCC. The molecule has 0 aromatic rings. The van der Waals surface area contributed by atoms with E-state index in [0.29, 0.717) is 12.8 Å². The summed E-state index contributed by atoms with van der Waals surface area (Å²) in [5.41, 5.74) is 0. The van der Waals surface area contributed by atoms with Crippen molar-refractivity contribution in [3.8, 4) is 0 Å². The molecule has 56 heavy (non-hydrogen) atoms. The van der Waals surface area contributed by atoms with Gasteiger partial charge in [-0.05, 0) is 89.9 Å². The summed E-state index contributed by atoms with van der Waals surface area (Å²) >= 11 is 0. The normalized spacial score (nSPS) is 13.1. The molecule has 0 saturated heterocycles. The van der Waals surface area contributed by atoms with Crippen LogP contribution in [0.15, 0.2) is 97.2 Å². The Morgan fingerprint density at radius 3 is 1.18 bits per heavy atom. The molecule has 0 aromatic carbocycles. The molecule has 0 bridgehead atoms. The maximum Gasteiger partial charge on any atom is 0.306 e. The number of aliphatic hydroxyl groups excluding tert-OH is 1. The zero-order valence-electron chi connectivity index (χ0n) is 36.1. The second-order valence-corrected chi connectivity index (χ2v) is 14.7. The molecule has 318 valence electrons. The Bertz CT molecular complexity index is 1110. The highest BCUT2D eigenvalue weighted by Crippen LogP contribution is 2.13. The topological polar surface area (TPSA) is 72.8 Å². The third kappa shape index (κ3) is 43.5. The maximum atomic E-state index is 12.2. The number of allylic oxidation sites excluding steroid dienone is 16. The Morgan fingerprint density at radius 2 is 0.768 bits per heavy atom. The molecule has 1 unspecified atom stereocenters. The minimum Gasteiger partial charge on any atom is -0.462 e. The summed E-state index contributed by atoms with van der Waals surface area (Å²) < 4.78 is 10.6. The number of hydrogen-bond donors (Lipinski definition) is 1. The lowest BCUT2D eigenvalue weighted by molar-refractivity contribution is -0.161. The first-order valence-electron chi connectivity index (χ1n) is 22.8. The van der Waals surface area contributed by atoms with E-state index in [-0.39, 0.29) is 25.2 Å². The van der Waals surface area contributed by atoms with Crippen LogP contribution >= 0.6 is 0 Å². The predicted octanol–water partition coefficient (Wildman–Crippen LogP) is 14.8. The molecule has 0 aromatic heterocycles. The van der Waals surface area contributed by atoms with Crippen molar-refractivity contribution in [3.63, 3.8) is 0 Å². The molecule has 0 fully saturated rings. The van der Waals surface area contributed by atoms with Crippen LogP contribution in [0.25, 0.3) is 0 Å². The molecule has 1 N–H and O–H groups in total. The van der Waals surface area contributed by atoms with Gasteiger partial charge in [-0.1, -0.05) is 188 Å². The van der Waals surface area contributed by atoms with Crippen LogP contribution in [0, 0.1) is 0 Å². The van der Waals surface area contributed by atoms with E-state index in [1.165, 1.54) is 70.6 Å². The van der Waals surface area contributed by atoms with Crippen LogP contribution in [0.2, 0.25) is 0 Å². The molecule has 5 heteroatoms. The number of rotatable bonds is 40. The van der Waals surface area contributed by atoms with Gasteiger partial charge in [0.2, 0.25) is 0 Å². The third-order valence-corrected chi connectivity index (χ3v) is 9.36. The average Bonchev–Trinajstić information content (AvgIpc) is 3.20. The summed E-state index contributed by atoms with van der Waals surface area (Å²) in [4.78, 5) is 24.3. The van der Waals surface area contributed by atoms with E-state index in [2.05, 4.69) is 111 Å². The fourth-order valence-corrected chi connectivity index (χ4v) is 5.93. The standard InChI is InChI=1S/C51H84O5/c1-3-5-7-9-11-13-15-16-17-18-19-20-21-22-23-24-25-26-27-28-29-30-31-32-33-34-36-38-40-42-44-46-51(54)56-49(47-52)48-55-50(53)45-43-41-39-37-35-14-12-10-8-6-4-2/h5,7,10-13,16-17,19-20,22-23,25-26,28-29,49,52H,3-4,6,8-9,14-15,18,21,24,27,30-48H2,1-2H3/b7-5-,12-10-,13-11-,17-16-,20-19-,23-22-,26-25-,29-28-. The molecular weight excluding hydrogens is 693 g/mol. The van der Waals surface area contributed by atoms with Gasteiger partial charge >= 0.3 is 11.9 Å². The summed E-state index contributed by atoms with van der Waals surface area (Å²) in [7, 11) is 0. The Balaban J connectivity index is 3.58. The number of esters is 2. The Hall–Kier alpha value is -3.18. The van der Waals surface area contributed by atoms with Crippen molar-refractivity contribution >= 4 is 11.9 Å². The summed E-state index contributed by atoms with van der Waals surface area (Å²) in [5, 5.41) is 9.57. The number of carbonyl (C=O) groups excluding carboxylic acids is 2. The van der Waals surface area contributed by atoms with Gasteiger partial charge in [0, 0.05) is 12.8 Å². The zero-order valence-corrected chi connectivity index (χ0v) is 36.1. The lowest BCUT2D eigenvalue weighted by atomic mass is 10.1. The fraction of sp³-hybridized carbons (Fsp3) is 0.647. The largest absolute Gasteiger partial charge is 0.462 e. The van der Waals surface area contributed by atoms with Gasteiger partial charge in [0.1, 0.15) is 6.61 Å². The highest BCUT2D eigenvalue weighted by atomic mass is 16.6. The smallest absolute Gasteiger partial charge is 0.306 e. The molecule has 0 spiro atoms. The van der Waals surface area contributed by atoms with Crippen molar-refractivity contribution in [3.05, 3.63) is 97.2 Å². The first kappa shape index (κ1) is 52.8. The summed E-state index contributed by atoms with van der Waals surface area (Å²) in [6.45, 7) is 3.96. The molecule has 0 amide bonds. The lowest BCUT2D eigenvalue weighted by Gasteiger charge is -2.15. The predicted molar refractivity (Wildman–Crippen MR) is 242 cm³/mol. The summed E-state index contributed by atoms with van der Waals surface area (Å²) in [6, 6.07) is 0. The number of ether oxygens (including phenoxy) is 2. The fourth-order valence-electron chi connectivity index (χ4n) is 5.93. The van der Waals surface area contributed by atoms with Gasteiger partial charge in [0.05, 0.1) is 6.61 Å². The molecule has 0 heterocycles. The molecular formula is C51H84O5. The molecule has 5 nitrogen and oxygen atoms in total. The van der Waals surface area contributed by atoms with Crippen molar-refractivity contribution in [2.45, 2.75) is 200 Å². The summed E-state index contributed by atoms with van der Waals surface area (Å²) in [5.74, 6) is -0.616. The minimum absolute atomic E-state index is 0.0773. The first-order valence-corrected chi connectivity index (χ1v) is 22.8. The van der Waals surface area contributed by atoms with Gasteiger partial charge < -0.3 is 14.6 Å². The highest BCUT2D eigenvalue weighted by Gasteiger charge is 2.16. The van der Waals surface area contributed by atoms with Crippen LogP contribution in [0.3, 0.4) is 0 Å². The van der Waals surface area contributed by atoms with Crippen molar-refractivity contribution in [1.29, 1.82) is 0 Å². The molecule has 0 radical (unpaired) electrons. The first-order chi connectivity index (χ1) is 27.6. The Morgan fingerprint density at radius 1 is 0.429 bits per heavy atom. The number of aliphatic hydroxyl groups is 1. The van der Waals surface area contributed by atoms with Gasteiger partial charge in [0.15, 0.2) is 6.10 Å². The number of hydrogen-bond acceptors (Lipinski definition) is 5. The molecule has 0 rings (SSSR count). The van der Waals surface area contributed by atoms with Gasteiger partial charge in [-0.25, -0.2) is 0 Å². The van der Waals surface area contributed by atoms with Crippen molar-refractivity contribution < 1.29 is 24.2 Å². The number of unbranched alkanes of at least 4 members (excludes halogenated alkanes) is 16. The minimum atomic E-state index is -0.783. The quantitative estimate of drug-likeness (QED) is 0.0381. The monoisotopic (exact) mass is 777 g/mol. The van der Waals surface area contributed by atoms with Crippen molar-refractivity contribution in [2.75, 3.05) is 13.2 Å². The van der Waals surface area contributed by atoms with E-state index in [1.807, 2.05) is 0 Å². The highest BCUT2D eigenvalue weighted by molar-refractivity contribution is 5.70. The molecule has 0 aliphatic carbocycles. The second-order valence-electron chi connectivity index (χ2n) is 14.7. The van der Waals surface area contributed by atoms with Crippen LogP contribution in [0.5, 0.6) is 0 Å². The van der Waals surface area contributed by atoms with Crippen molar-refractivity contribution in [1.82, 2.24) is 0 Å². The summed E-state index contributed by atoms with van der Waals surface area (Å²) in [6.07, 6.45) is 64.9. The van der Waals surface area contributed by atoms with E-state index in [9.17, 15) is 14.7 Å². The average molecular weight is 777 g/mol. The van der Waals surface area contributed by atoms with Crippen LogP contribution < -0.4 is 0 Å². The van der Waals surface area contributed by atoms with E-state index < -0.39 is 6.10 Å². The van der Waals surface area contributed by atoms with Gasteiger partial charge in [-0.3, -0.25) is 9.59 Å². The van der Waals surface area contributed by atoms with Crippen molar-refractivity contribution in [2.24, 2.45) is 0 Å². The maximum absolute atomic E-state index is 12.2. The van der Waals surface area contributed by atoms with Gasteiger partial charge in [0.25, 0.3) is 0 Å². The van der Waals surface area contributed by atoms with E-state index in [1.54, 1.807) is 0 Å². The van der Waals surface area contributed by atoms with Gasteiger partial charge in [-0.2, -0.15) is 0 Å². The Kier molecular flexibility index (Phi) is 43.6. The van der Waals surface area contributed by atoms with E-state index >= 15 is 0 Å². The number of carbonyl (C=O) groups is 2. The molecule has 0 aliphatic heterocycles. The zero-order chi connectivity index (χ0) is 40.7. The van der Waals surface area contributed by atoms with Crippen LogP contribution in [-0.2, 0) is 19.1 Å². The van der Waals surface area contributed by atoms with E-state index in [4.69, 9.17) is 9.47 Å².